The Labute approximate surface area is 107 Å². The van der Waals surface area contributed by atoms with E-state index < -0.39 is 0 Å². The third kappa shape index (κ3) is 3.96. The molecule has 0 unspecified atom stereocenters. The fraction of sp³-hybridized carbons (Fsp3) is 1.00. The van der Waals surface area contributed by atoms with Crippen LogP contribution in [-0.2, 0) is 0 Å². The lowest BCUT2D eigenvalue weighted by molar-refractivity contribution is 0.0586. The van der Waals surface area contributed by atoms with E-state index in [1.165, 1.54) is 58.0 Å². The van der Waals surface area contributed by atoms with Crippen molar-refractivity contribution < 1.29 is 0 Å². The topological polar surface area (TPSA) is 29.3 Å². The molecule has 2 N–H and O–H groups in total. The first kappa shape index (κ1) is 13.4. The lowest BCUT2D eigenvalue weighted by Gasteiger charge is -2.44. The fourth-order valence-corrected chi connectivity index (χ4v) is 3.74. The second-order valence-electron chi connectivity index (χ2n) is 6.88. The highest BCUT2D eigenvalue weighted by Crippen LogP contribution is 2.35. The number of hydrogen-bond donors (Lipinski definition) is 1. The average molecular weight is 238 g/mol. The molecule has 2 aliphatic rings. The normalized spacial score (nSPS) is 31.2. The largest absolute Gasteiger partial charge is 0.326 e. The van der Waals surface area contributed by atoms with Crippen LogP contribution in [0.5, 0.6) is 0 Å². The third-order valence-corrected chi connectivity index (χ3v) is 4.62. The van der Waals surface area contributed by atoms with E-state index in [1.807, 2.05) is 0 Å². The van der Waals surface area contributed by atoms with Crippen molar-refractivity contribution in [2.45, 2.75) is 76.8 Å². The molecular weight excluding hydrogens is 208 g/mol. The lowest BCUT2D eigenvalue weighted by Crippen LogP contribution is -2.47. The molecular formula is C15H30N2. The molecule has 1 saturated carbocycles. The maximum Gasteiger partial charge on any atom is 0.0123 e. The standard InChI is InChI=1S/C15H30N2/c1-15(2,16)10-6-12-17-11-5-8-13-7-3-4-9-14(13)17/h13-14H,3-12,16H2,1-2H3/t13-,14-/m1/s1. The van der Waals surface area contributed by atoms with Crippen LogP contribution in [0.15, 0.2) is 0 Å². The summed E-state index contributed by atoms with van der Waals surface area (Å²) in [5.74, 6) is 1.02. The van der Waals surface area contributed by atoms with E-state index in [0.717, 1.165) is 18.4 Å². The summed E-state index contributed by atoms with van der Waals surface area (Å²) < 4.78 is 0. The molecule has 0 spiro atoms. The molecule has 1 aliphatic heterocycles. The van der Waals surface area contributed by atoms with Gasteiger partial charge < -0.3 is 10.6 Å². The first-order valence-corrected chi connectivity index (χ1v) is 7.59. The van der Waals surface area contributed by atoms with Gasteiger partial charge in [-0.1, -0.05) is 12.8 Å². The number of piperidine rings is 1. The first-order chi connectivity index (χ1) is 8.06. The summed E-state index contributed by atoms with van der Waals surface area (Å²) in [6.07, 6.45) is 11.2. The van der Waals surface area contributed by atoms with Gasteiger partial charge in [-0.3, -0.25) is 0 Å². The van der Waals surface area contributed by atoms with Gasteiger partial charge in [0.2, 0.25) is 0 Å². The molecule has 0 aromatic carbocycles. The minimum Gasteiger partial charge on any atom is -0.326 e. The zero-order valence-electron chi connectivity index (χ0n) is 11.8. The molecule has 0 radical (unpaired) electrons. The summed E-state index contributed by atoms with van der Waals surface area (Å²) in [7, 11) is 0. The zero-order chi connectivity index (χ0) is 12.3. The van der Waals surface area contributed by atoms with Crippen molar-refractivity contribution >= 4 is 0 Å². The molecule has 0 aromatic rings. The van der Waals surface area contributed by atoms with Crippen molar-refractivity contribution in [3.63, 3.8) is 0 Å². The Hall–Kier alpha value is -0.0800. The molecule has 2 rings (SSSR count). The van der Waals surface area contributed by atoms with Crippen molar-refractivity contribution in [1.29, 1.82) is 0 Å². The maximum atomic E-state index is 6.06. The van der Waals surface area contributed by atoms with Gasteiger partial charge in [0.1, 0.15) is 0 Å². The second-order valence-corrected chi connectivity index (χ2v) is 6.88. The molecule has 0 aromatic heterocycles. The molecule has 1 heterocycles. The van der Waals surface area contributed by atoms with Gasteiger partial charge in [-0.2, -0.15) is 0 Å². The quantitative estimate of drug-likeness (QED) is 0.815. The molecule has 1 aliphatic carbocycles. The average Bonchev–Trinajstić information content (AvgIpc) is 2.28. The number of rotatable bonds is 4. The Bertz CT molecular complexity index is 230. The Balaban J connectivity index is 1.78. The van der Waals surface area contributed by atoms with Crippen LogP contribution in [0.4, 0.5) is 0 Å². The molecule has 0 bridgehead atoms. The van der Waals surface area contributed by atoms with Crippen LogP contribution in [0, 0.1) is 5.92 Å². The monoisotopic (exact) mass is 238 g/mol. The van der Waals surface area contributed by atoms with Crippen LogP contribution in [0.1, 0.15) is 65.2 Å². The molecule has 0 amide bonds. The SMILES string of the molecule is CC(C)(N)CCCN1CCC[C@H]2CCCC[C@H]21. The van der Waals surface area contributed by atoms with Crippen molar-refractivity contribution in [2.24, 2.45) is 11.7 Å². The van der Waals surface area contributed by atoms with Crippen LogP contribution in [0.3, 0.4) is 0 Å². The highest BCUT2D eigenvalue weighted by molar-refractivity contribution is 4.87. The highest BCUT2D eigenvalue weighted by atomic mass is 15.2. The van der Waals surface area contributed by atoms with Gasteiger partial charge in [0.25, 0.3) is 0 Å². The smallest absolute Gasteiger partial charge is 0.0123 e. The van der Waals surface area contributed by atoms with Crippen LogP contribution in [-0.4, -0.2) is 29.6 Å². The van der Waals surface area contributed by atoms with Crippen molar-refractivity contribution in [2.75, 3.05) is 13.1 Å². The minimum atomic E-state index is 0.0156. The number of hydrogen-bond acceptors (Lipinski definition) is 2. The van der Waals surface area contributed by atoms with E-state index in [1.54, 1.807) is 0 Å². The van der Waals surface area contributed by atoms with Crippen LogP contribution in [0.2, 0.25) is 0 Å². The van der Waals surface area contributed by atoms with E-state index in [-0.39, 0.29) is 5.54 Å². The number of nitrogens with two attached hydrogens (primary N) is 1. The maximum absolute atomic E-state index is 6.06. The third-order valence-electron chi connectivity index (χ3n) is 4.62. The van der Waals surface area contributed by atoms with Gasteiger partial charge in [-0.15, -0.1) is 0 Å². The Morgan fingerprint density at radius 3 is 2.59 bits per heavy atom. The molecule has 2 atom stereocenters. The first-order valence-electron chi connectivity index (χ1n) is 7.59. The molecule has 100 valence electrons. The van der Waals surface area contributed by atoms with Gasteiger partial charge in [0.15, 0.2) is 0 Å². The Morgan fingerprint density at radius 2 is 1.82 bits per heavy atom. The Morgan fingerprint density at radius 1 is 1.12 bits per heavy atom. The number of likely N-dealkylation sites (tertiary alicyclic amines) is 1. The fourth-order valence-electron chi connectivity index (χ4n) is 3.74. The van der Waals surface area contributed by atoms with Gasteiger partial charge >= 0.3 is 0 Å². The summed E-state index contributed by atoms with van der Waals surface area (Å²) in [6.45, 7) is 6.91. The minimum absolute atomic E-state index is 0.0156. The van der Waals surface area contributed by atoms with Crippen molar-refractivity contribution in [1.82, 2.24) is 4.90 Å². The summed E-state index contributed by atoms with van der Waals surface area (Å²) >= 11 is 0. The van der Waals surface area contributed by atoms with Crippen LogP contribution >= 0.6 is 0 Å². The summed E-state index contributed by atoms with van der Waals surface area (Å²) in [5, 5.41) is 0. The van der Waals surface area contributed by atoms with E-state index in [9.17, 15) is 0 Å². The molecule has 2 heteroatoms. The summed E-state index contributed by atoms with van der Waals surface area (Å²) in [6, 6.07) is 0.915. The zero-order valence-corrected chi connectivity index (χ0v) is 11.8. The van der Waals surface area contributed by atoms with Crippen LogP contribution < -0.4 is 5.73 Å². The molecule has 1 saturated heterocycles. The molecule has 2 fully saturated rings. The van der Waals surface area contributed by atoms with E-state index in [2.05, 4.69) is 18.7 Å². The van der Waals surface area contributed by atoms with Crippen molar-refractivity contribution in [3.05, 3.63) is 0 Å². The van der Waals surface area contributed by atoms with Crippen molar-refractivity contribution in [3.8, 4) is 0 Å². The number of nitrogens with zero attached hydrogens (tertiary/aromatic N) is 1. The van der Waals surface area contributed by atoms with E-state index in [0.29, 0.717) is 0 Å². The highest BCUT2D eigenvalue weighted by Gasteiger charge is 2.32. The van der Waals surface area contributed by atoms with E-state index >= 15 is 0 Å². The van der Waals surface area contributed by atoms with Gasteiger partial charge in [-0.05, 0) is 71.4 Å². The predicted molar refractivity (Wildman–Crippen MR) is 74.1 cm³/mol. The summed E-state index contributed by atoms with van der Waals surface area (Å²) in [5.41, 5.74) is 6.08. The van der Waals surface area contributed by atoms with Gasteiger partial charge in [0, 0.05) is 11.6 Å². The Kier molecular flexibility index (Phi) is 4.48. The number of fused-ring (bicyclic) bond motifs is 1. The van der Waals surface area contributed by atoms with E-state index in [4.69, 9.17) is 5.73 Å². The lowest BCUT2D eigenvalue weighted by atomic mass is 9.78. The molecule has 2 nitrogen and oxygen atoms in total. The van der Waals surface area contributed by atoms with Gasteiger partial charge in [0.05, 0.1) is 0 Å². The second kappa shape index (κ2) is 5.71. The van der Waals surface area contributed by atoms with Gasteiger partial charge in [-0.25, -0.2) is 0 Å². The predicted octanol–water partition coefficient (Wildman–Crippen LogP) is 3.16. The van der Waals surface area contributed by atoms with Crippen LogP contribution in [0.25, 0.3) is 0 Å². The summed E-state index contributed by atoms with van der Waals surface area (Å²) in [4.78, 5) is 2.78. The molecule has 17 heavy (non-hydrogen) atoms.